The molecule has 0 aliphatic carbocycles. The molecule has 1 heterocycles. The molecule has 96 valence electrons. The molecule has 2 amide bonds. The smallest absolute Gasteiger partial charge is 0.318 e. The van der Waals surface area contributed by atoms with Gasteiger partial charge in [0.2, 0.25) is 0 Å². The highest BCUT2D eigenvalue weighted by Crippen LogP contribution is 2.34. The van der Waals surface area contributed by atoms with E-state index in [1.54, 1.807) is 4.90 Å². The average molecular weight is 238 g/mol. The summed E-state index contributed by atoms with van der Waals surface area (Å²) in [4.78, 5) is 13.3. The molecule has 0 radical (unpaired) electrons. The van der Waals surface area contributed by atoms with Gasteiger partial charge in [-0.15, -0.1) is 6.42 Å². The third-order valence-electron chi connectivity index (χ3n) is 3.32. The highest BCUT2D eigenvalue weighted by atomic mass is 16.3. The minimum Gasteiger partial charge on any atom is -0.391 e. The zero-order valence-corrected chi connectivity index (χ0v) is 10.9. The Bertz CT molecular complexity index is 314. The third-order valence-corrected chi connectivity index (χ3v) is 3.32. The van der Waals surface area contributed by atoms with Gasteiger partial charge in [-0.1, -0.05) is 26.7 Å². The molecule has 0 aromatic rings. The van der Waals surface area contributed by atoms with Gasteiger partial charge in [0, 0.05) is 13.1 Å². The van der Waals surface area contributed by atoms with Crippen molar-refractivity contribution < 1.29 is 9.90 Å². The number of carbonyl (C=O) groups excluding carboxylic acids is 1. The quantitative estimate of drug-likeness (QED) is 0.671. The predicted molar refractivity (Wildman–Crippen MR) is 67.4 cm³/mol. The van der Waals surface area contributed by atoms with Gasteiger partial charge in [-0.05, 0) is 17.8 Å². The number of nitrogens with one attached hydrogen (secondary N) is 1. The molecule has 1 fully saturated rings. The fourth-order valence-corrected chi connectivity index (χ4v) is 2.36. The van der Waals surface area contributed by atoms with Crippen molar-refractivity contribution in [3.05, 3.63) is 0 Å². The first-order chi connectivity index (χ1) is 7.86. The molecule has 1 aliphatic heterocycles. The van der Waals surface area contributed by atoms with E-state index in [1.807, 2.05) is 0 Å². The number of terminal acetylenes is 1. The van der Waals surface area contributed by atoms with Crippen LogP contribution in [0.25, 0.3) is 0 Å². The number of likely N-dealkylation sites (tertiary alicyclic amines) is 1. The monoisotopic (exact) mass is 238 g/mol. The number of amides is 2. The van der Waals surface area contributed by atoms with Crippen LogP contribution < -0.4 is 5.32 Å². The molecule has 4 heteroatoms. The second-order valence-electron chi connectivity index (χ2n) is 5.64. The fraction of sp³-hybridized carbons (Fsp3) is 0.769. The van der Waals surface area contributed by atoms with Gasteiger partial charge in [0.15, 0.2) is 0 Å². The van der Waals surface area contributed by atoms with Crippen LogP contribution in [-0.4, -0.2) is 41.8 Å². The number of urea groups is 1. The Balaban J connectivity index is 2.53. The number of carbonyl (C=O) groups is 1. The van der Waals surface area contributed by atoms with Crippen molar-refractivity contribution in [2.75, 3.05) is 19.6 Å². The molecule has 1 saturated heterocycles. The fourth-order valence-electron chi connectivity index (χ4n) is 2.36. The van der Waals surface area contributed by atoms with E-state index in [1.165, 1.54) is 0 Å². The number of piperidine rings is 1. The highest BCUT2D eigenvalue weighted by molar-refractivity contribution is 5.74. The summed E-state index contributed by atoms with van der Waals surface area (Å²) in [6, 6.07) is -0.186. The Morgan fingerprint density at radius 2 is 2.24 bits per heavy atom. The molecular weight excluding hydrogens is 216 g/mol. The van der Waals surface area contributed by atoms with Crippen molar-refractivity contribution in [1.29, 1.82) is 0 Å². The predicted octanol–water partition coefficient (Wildman–Crippen LogP) is 1.06. The van der Waals surface area contributed by atoms with Crippen LogP contribution in [0.15, 0.2) is 0 Å². The summed E-state index contributed by atoms with van der Waals surface area (Å²) in [7, 11) is 0. The summed E-state index contributed by atoms with van der Waals surface area (Å²) in [6.45, 7) is 7.65. The minimum atomic E-state index is -0.458. The first-order valence-corrected chi connectivity index (χ1v) is 6.00. The molecule has 2 N–H and O–H groups in total. The minimum absolute atomic E-state index is 0.0702. The number of aliphatic hydroxyl groups excluding tert-OH is 1. The summed E-state index contributed by atoms with van der Waals surface area (Å²) in [5, 5.41) is 12.7. The maximum Gasteiger partial charge on any atom is 0.318 e. The third kappa shape index (κ3) is 3.64. The lowest BCUT2D eigenvalue weighted by Crippen LogP contribution is -2.52. The van der Waals surface area contributed by atoms with E-state index in [-0.39, 0.29) is 23.9 Å². The number of hydrogen-bond acceptors (Lipinski definition) is 2. The van der Waals surface area contributed by atoms with Crippen molar-refractivity contribution in [3.63, 3.8) is 0 Å². The van der Waals surface area contributed by atoms with Crippen LogP contribution in [0.4, 0.5) is 4.79 Å². The SMILES string of the molecule is C#CCNC(=O)N1CCC(C(C)(C)C)C(O)C1. The molecule has 0 aromatic carbocycles. The first kappa shape index (κ1) is 13.9. The number of rotatable bonds is 1. The van der Waals surface area contributed by atoms with Gasteiger partial charge in [-0.2, -0.15) is 0 Å². The van der Waals surface area contributed by atoms with E-state index in [0.717, 1.165) is 6.42 Å². The normalized spacial score (nSPS) is 25.2. The summed E-state index contributed by atoms with van der Waals surface area (Å²) in [5.74, 6) is 2.60. The van der Waals surface area contributed by atoms with Crippen molar-refractivity contribution in [2.45, 2.75) is 33.3 Å². The molecule has 17 heavy (non-hydrogen) atoms. The maximum absolute atomic E-state index is 11.7. The number of β-amino-alcohol motifs (C(OH)–C–C–N with tert-alkyl or cyclic N) is 1. The van der Waals surface area contributed by atoms with Crippen molar-refractivity contribution in [2.24, 2.45) is 11.3 Å². The molecule has 2 atom stereocenters. The van der Waals surface area contributed by atoms with E-state index in [2.05, 4.69) is 32.0 Å². The Labute approximate surface area is 103 Å². The van der Waals surface area contributed by atoms with Crippen molar-refractivity contribution in [3.8, 4) is 12.3 Å². The van der Waals surface area contributed by atoms with E-state index in [0.29, 0.717) is 13.1 Å². The number of aliphatic hydroxyl groups is 1. The zero-order valence-electron chi connectivity index (χ0n) is 10.9. The zero-order chi connectivity index (χ0) is 13.1. The van der Waals surface area contributed by atoms with E-state index >= 15 is 0 Å². The van der Waals surface area contributed by atoms with Gasteiger partial charge in [-0.3, -0.25) is 0 Å². The van der Waals surface area contributed by atoms with Gasteiger partial charge in [0.1, 0.15) is 0 Å². The standard InChI is InChI=1S/C13H22N2O2/c1-5-7-14-12(17)15-8-6-10(11(16)9-15)13(2,3)4/h1,10-11,16H,6-9H2,2-4H3,(H,14,17). The number of nitrogens with zero attached hydrogens (tertiary/aromatic N) is 1. The topological polar surface area (TPSA) is 52.6 Å². The van der Waals surface area contributed by atoms with Crippen LogP contribution in [-0.2, 0) is 0 Å². The number of hydrogen-bond donors (Lipinski definition) is 2. The molecule has 0 aromatic heterocycles. The molecular formula is C13H22N2O2. The van der Waals surface area contributed by atoms with Crippen LogP contribution in [0.5, 0.6) is 0 Å². The Morgan fingerprint density at radius 3 is 2.71 bits per heavy atom. The van der Waals surface area contributed by atoms with Crippen LogP contribution in [0.1, 0.15) is 27.2 Å². The largest absolute Gasteiger partial charge is 0.391 e. The Hall–Kier alpha value is -1.21. The summed E-state index contributed by atoms with van der Waals surface area (Å²) in [6.07, 6.45) is 5.45. The maximum atomic E-state index is 11.7. The molecule has 0 saturated carbocycles. The Morgan fingerprint density at radius 1 is 1.59 bits per heavy atom. The Kier molecular flexibility index (Phi) is 4.41. The van der Waals surface area contributed by atoms with Crippen LogP contribution in [0.3, 0.4) is 0 Å². The molecule has 0 spiro atoms. The summed E-state index contributed by atoms with van der Waals surface area (Å²) >= 11 is 0. The van der Waals surface area contributed by atoms with Crippen LogP contribution in [0.2, 0.25) is 0 Å². The average Bonchev–Trinajstić information content (AvgIpc) is 2.23. The first-order valence-electron chi connectivity index (χ1n) is 6.00. The van der Waals surface area contributed by atoms with Crippen molar-refractivity contribution >= 4 is 6.03 Å². The van der Waals surface area contributed by atoms with Gasteiger partial charge in [0.05, 0.1) is 12.6 Å². The lowest BCUT2D eigenvalue weighted by atomic mass is 9.74. The lowest BCUT2D eigenvalue weighted by molar-refractivity contribution is -0.0122. The summed E-state index contributed by atoms with van der Waals surface area (Å²) < 4.78 is 0. The summed E-state index contributed by atoms with van der Waals surface area (Å²) in [5.41, 5.74) is 0.0702. The van der Waals surface area contributed by atoms with Gasteiger partial charge in [0.25, 0.3) is 0 Å². The second-order valence-corrected chi connectivity index (χ2v) is 5.64. The van der Waals surface area contributed by atoms with Crippen LogP contribution >= 0.6 is 0 Å². The van der Waals surface area contributed by atoms with E-state index in [9.17, 15) is 9.90 Å². The lowest BCUT2D eigenvalue weighted by Gasteiger charge is -2.42. The van der Waals surface area contributed by atoms with Gasteiger partial charge in [-0.25, -0.2) is 4.79 Å². The molecule has 1 rings (SSSR count). The van der Waals surface area contributed by atoms with Gasteiger partial charge < -0.3 is 15.3 Å². The molecule has 1 aliphatic rings. The van der Waals surface area contributed by atoms with Gasteiger partial charge >= 0.3 is 6.03 Å². The van der Waals surface area contributed by atoms with Crippen LogP contribution in [0, 0.1) is 23.7 Å². The van der Waals surface area contributed by atoms with E-state index in [4.69, 9.17) is 6.42 Å². The molecule has 0 bridgehead atoms. The highest BCUT2D eigenvalue weighted by Gasteiger charge is 2.36. The molecule has 4 nitrogen and oxygen atoms in total. The van der Waals surface area contributed by atoms with Crippen molar-refractivity contribution in [1.82, 2.24) is 10.2 Å². The second kappa shape index (κ2) is 5.42. The van der Waals surface area contributed by atoms with E-state index < -0.39 is 6.10 Å². The molecule has 2 unspecified atom stereocenters.